The Morgan fingerprint density at radius 3 is 2.72 bits per heavy atom. The number of hydrogen-bond donors (Lipinski definition) is 1. The molecule has 0 aliphatic heterocycles. The average molecular weight is 404 g/mol. The van der Waals surface area contributed by atoms with E-state index in [9.17, 15) is 9.18 Å². The molecular weight excluding hydrogens is 389 g/mol. The zero-order valence-corrected chi connectivity index (χ0v) is 15.2. The number of amides is 1. The van der Waals surface area contributed by atoms with Crippen LogP contribution in [0.15, 0.2) is 46.0 Å². The van der Waals surface area contributed by atoms with Gasteiger partial charge in [-0.3, -0.25) is 4.79 Å². The van der Waals surface area contributed by atoms with Gasteiger partial charge in [0.1, 0.15) is 11.6 Å². The summed E-state index contributed by atoms with van der Waals surface area (Å²) in [5.41, 5.74) is 2.94. The van der Waals surface area contributed by atoms with E-state index in [4.69, 9.17) is 10.00 Å². The van der Waals surface area contributed by atoms with Crippen LogP contribution in [0.2, 0.25) is 0 Å². The first-order valence-corrected chi connectivity index (χ1v) is 8.19. The lowest BCUT2D eigenvalue weighted by molar-refractivity contribution is 0.0951. The summed E-state index contributed by atoms with van der Waals surface area (Å²) >= 11 is 3.41. The minimum atomic E-state index is -0.773. The van der Waals surface area contributed by atoms with Crippen LogP contribution in [-0.2, 0) is 0 Å². The van der Waals surface area contributed by atoms with Crippen LogP contribution in [0.4, 0.5) is 4.39 Å². The summed E-state index contributed by atoms with van der Waals surface area (Å²) in [4.78, 5) is 11.9. The highest BCUT2D eigenvalue weighted by atomic mass is 79.9. The Hall–Kier alpha value is -2.72. The topological polar surface area (TPSA) is 74.5 Å². The number of hydrogen-bond acceptors (Lipinski definition) is 4. The molecule has 2 aromatic rings. The van der Waals surface area contributed by atoms with E-state index in [1.165, 1.54) is 18.3 Å². The fourth-order valence-electron chi connectivity index (χ4n) is 1.94. The third kappa shape index (κ3) is 5.13. The molecule has 5 nitrogen and oxygen atoms in total. The number of nitriles is 1. The van der Waals surface area contributed by atoms with Crippen molar-refractivity contribution in [1.82, 2.24) is 5.43 Å². The second-order valence-corrected chi connectivity index (χ2v) is 6.22. The average Bonchev–Trinajstić information content (AvgIpc) is 2.56. The maximum Gasteiger partial charge on any atom is 0.274 e. The number of nitrogens with zero attached hydrogens (tertiary/aromatic N) is 2. The number of carbonyl (C=O) groups excluding carboxylic acids is 1. The van der Waals surface area contributed by atoms with Crippen molar-refractivity contribution in [3.05, 3.63) is 63.4 Å². The van der Waals surface area contributed by atoms with Gasteiger partial charge in [-0.1, -0.05) is 0 Å². The fraction of sp³-hybridized carbons (Fsp3) is 0.167. The first-order valence-electron chi connectivity index (χ1n) is 7.40. The van der Waals surface area contributed by atoms with Crippen LogP contribution in [0, 0.1) is 17.1 Å². The Labute approximate surface area is 153 Å². The van der Waals surface area contributed by atoms with E-state index in [-0.39, 0.29) is 17.2 Å². The van der Waals surface area contributed by atoms with Crippen molar-refractivity contribution in [2.45, 2.75) is 20.0 Å². The Balaban J connectivity index is 2.04. The van der Waals surface area contributed by atoms with Crippen LogP contribution < -0.4 is 10.2 Å². The number of nitrogens with one attached hydrogen (secondary N) is 1. The molecule has 0 spiro atoms. The molecule has 0 aromatic heterocycles. The number of ether oxygens (including phenoxy) is 1. The van der Waals surface area contributed by atoms with Crippen molar-refractivity contribution in [2.75, 3.05) is 0 Å². The molecule has 2 rings (SSSR count). The van der Waals surface area contributed by atoms with Gasteiger partial charge in [-0.2, -0.15) is 10.4 Å². The first kappa shape index (κ1) is 18.6. The monoisotopic (exact) mass is 403 g/mol. The smallest absolute Gasteiger partial charge is 0.274 e. The lowest BCUT2D eigenvalue weighted by Gasteiger charge is -2.11. The van der Waals surface area contributed by atoms with Gasteiger partial charge in [0.05, 0.1) is 34.0 Å². The van der Waals surface area contributed by atoms with E-state index in [2.05, 4.69) is 26.5 Å². The maximum absolute atomic E-state index is 13.8. The molecule has 0 fully saturated rings. The van der Waals surface area contributed by atoms with E-state index < -0.39 is 11.7 Å². The second-order valence-electron chi connectivity index (χ2n) is 5.36. The number of halogens is 2. The molecule has 0 saturated carbocycles. The quantitative estimate of drug-likeness (QED) is 0.605. The predicted molar refractivity (Wildman–Crippen MR) is 96.1 cm³/mol. The molecule has 1 N–H and O–H groups in total. The summed E-state index contributed by atoms with van der Waals surface area (Å²) in [6.45, 7) is 3.86. The highest BCUT2D eigenvalue weighted by Gasteiger charge is 2.11. The molecule has 0 unspecified atom stereocenters. The summed E-state index contributed by atoms with van der Waals surface area (Å²) in [5.74, 6) is -0.766. The summed E-state index contributed by atoms with van der Waals surface area (Å²) in [7, 11) is 0. The van der Waals surface area contributed by atoms with Crippen molar-refractivity contribution < 1.29 is 13.9 Å². The molecule has 25 heavy (non-hydrogen) atoms. The molecule has 7 heteroatoms. The second kappa shape index (κ2) is 8.40. The van der Waals surface area contributed by atoms with Gasteiger partial charge in [-0.25, -0.2) is 9.82 Å². The third-order valence-electron chi connectivity index (χ3n) is 3.04. The largest absolute Gasteiger partial charge is 0.490 e. The lowest BCUT2D eigenvalue weighted by atomic mass is 10.1. The molecule has 0 radical (unpaired) electrons. The summed E-state index contributed by atoms with van der Waals surface area (Å²) < 4.78 is 20.1. The van der Waals surface area contributed by atoms with Crippen LogP contribution in [0.25, 0.3) is 0 Å². The van der Waals surface area contributed by atoms with Crippen molar-refractivity contribution >= 4 is 28.1 Å². The predicted octanol–water partition coefficient (Wildman–Crippen LogP) is 4.01. The molecule has 0 aliphatic carbocycles. The molecular formula is C18H15BrFN3O2. The number of rotatable bonds is 5. The van der Waals surface area contributed by atoms with E-state index in [0.717, 1.165) is 16.1 Å². The van der Waals surface area contributed by atoms with Gasteiger partial charge in [-0.15, -0.1) is 0 Å². The zero-order chi connectivity index (χ0) is 18.4. The Kier molecular flexibility index (Phi) is 6.25. The van der Waals surface area contributed by atoms with Gasteiger partial charge < -0.3 is 4.74 Å². The molecule has 1 amide bonds. The summed E-state index contributed by atoms with van der Waals surface area (Å²) in [6, 6.07) is 10.8. The molecule has 0 aliphatic rings. The lowest BCUT2D eigenvalue weighted by Crippen LogP contribution is -2.19. The van der Waals surface area contributed by atoms with Gasteiger partial charge >= 0.3 is 0 Å². The van der Waals surface area contributed by atoms with E-state index in [0.29, 0.717) is 5.75 Å². The highest BCUT2D eigenvalue weighted by Crippen LogP contribution is 2.26. The Morgan fingerprint density at radius 1 is 1.36 bits per heavy atom. The summed E-state index contributed by atoms with van der Waals surface area (Å²) in [6.07, 6.45) is 1.49. The standard InChI is InChI=1S/C18H15BrFN3O2/c1-11(2)25-17-6-4-13(7-15(17)19)10-22-23-18(24)14-5-3-12(9-21)8-16(14)20/h3-8,10-11H,1-2H3,(H,23,24)/b22-10-. The highest BCUT2D eigenvalue weighted by molar-refractivity contribution is 9.10. The van der Waals surface area contributed by atoms with Crippen LogP contribution in [-0.4, -0.2) is 18.2 Å². The van der Waals surface area contributed by atoms with E-state index >= 15 is 0 Å². The maximum atomic E-state index is 13.8. The molecule has 0 bridgehead atoms. The van der Waals surface area contributed by atoms with E-state index in [1.54, 1.807) is 24.3 Å². The number of carbonyl (C=O) groups is 1. The molecule has 0 heterocycles. The van der Waals surface area contributed by atoms with Crippen LogP contribution >= 0.6 is 15.9 Å². The third-order valence-corrected chi connectivity index (χ3v) is 3.66. The Bertz CT molecular complexity index is 860. The van der Waals surface area contributed by atoms with Crippen molar-refractivity contribution in [3.63, 3.8) is 0 Å². The molecule has 128 valence electrons. The van der Waals surface area contributed by atoms with Crippen molar-refractivity contribution in [2.24, 2.45) is 5.10 Å². The molecule has 2 aromatic carbocycles. The van der Waals surface area contributed by atoms with Crippen molar-refractivity contribution in [1.29, 1.82) is 5.26 Å². The van der Waals surface area contributed by atoms with Gasteiger partial charge in [0.25, 0.3) is 5.91 Å². The normalized spacial score (nSPS) is 10.7. The van der Waals surface area contributed by atoms with Crippen LogP contribution in [0.1, 0.15) is 35.3 Å². The van der Waals surface area contributed by atoms with Gasteiger partial charge in [0.2, 0.25) is 0 Å². The minimum absolute atomic E-state index is 0.0532. The fourth-order valence-corrected chi connectivity index (χ4v) is 2.43. The van der Waals surface area contributed by atoms with Gasteiger partial charge in [0, 0.05) is 0 Å². The Morgan fingerprint density at radius 2 is 2.12 bits per heavy atom. The first-order chi connectivity index (χ1) is 11.9. The van der Waals surface area contributed by atoms with Gasteiger partial charge in [-0.05, 0) is 71.7 Å². The number of benzene rings is 2. The molecule has 0 atom stereocenters. The van der Waals surface area contributed by atoms with Crippen LogP contribution in [0.3, 0.4) is 0 Å². The van der Waals surface area contributed by atoms with Crippen LogP contribution in [0.5, 0.6) is 5.75 Å². The molecule has 0 saturated heterocycles. The summed E-state index contributed by atoms with van der Waals surface area (Å²) in [5, 5.41) is 12.5. The van der Waals surface area contributed by atoms with Gasteiger partial charge in [0.15, 0.2) is 0 Å². The van der Waals surface area contributed by atoms with Crippen molar-refractivity contribution in [3.8, 4) is 11.8 Å². The number of hydrazone groups is 1. The minimum Gasteiger partial charge on any atom is -0.490 e. The van der Waals surface area contributed by atoms with E-state index in [1.807, 2.05) is 13.8 Å². The zero-order valence-electron chi connectivity index (χ0n) is 13.6. The SMILES string of the molecule is CC(C)Oc1ccc(/C=N\NC(=O)c2ccc(C#N)cc2F)cc1Br.